The molecule has 0 heterocycles. The Morgan fingerprint density at radius 2 is 1.54 bits per heavy atom. The Balaban J connectivity index is 1.67. The van der Waals surface area contributed by atoms with E-state index < -0.39 is 23.3 Å². The highest BCUT2D eigenvalue weighted by Gasteiger charge is 2.14. The number of para-hydroxylation sites is 1. The minimum absolute atomic E-state index is 0.145. The Morgan fingerprint density at radius 1 is 0.893 bits per heavy atom. The molecule has 0 aromatic heterocycles. The van der Waals surface area contributed by atoms with Gasteiger partial charge in [0, 0.05) is 6.07 Å². The maximum atomic E-state index is 11.8. The van der Waals surface area contributed by atoms with Gasteiger partial charge in [0.1, 0.15) is 13.2 Å². The molecule has 9 heteroatoms. The standard InChI is InChI=1S/C19H19N3O6/c23-17(10-14-6-2-1-3-7-14)20-11-18(24)21-12-19(25)28-13-15-8-4-5-9-16(15)22(26)27/h1-9H,10-13H2,(H,20,23)(H,21,24). The molecular weight excluding hydrogens is 366 g/mol. The van der Waals surface area contributed by atoms with Crippen molar-refractivity contribution in [1.82, 2.24) is 10.6 Å². The molecule has 2 aromatic rings. The van der Waals surface area contributed by atoms with Crippen LogP contribution in [0.15, 0.2) is 54.6 Å². The van der Waals surface area contributed by atoms with E-state index in [2.05, 4.69) is 10.6 Å². The fourth-order valence-corrected chi connectivity index (χ4v) is 2.28. The first-order valence-corrected chi connectivity index (χ1v) is 8.41. The fraction of sp³-hybridized carbons (Fsp3) is 0.211. The summed E-state index contributed by atoms with van der Waals surface area (Å²) in [5.74, 6) is -1.62. The minimum Gasteiger partial charge on any atom is -0.459 e. The number of nitro groups is 1. The van der Waals surface area contributed by atoms with Gasteiger partial charge in [0.05, 0.1) is 23.5 Å². The van der Waals surface area contributed by atoms with E-state index in [9.17, 15) is 24.5 Å². The van der Waals surface area contributed by atoms with Crippen LogP contribution in [0.2, 0.25) is 0 Å². The van der Waals surface area contributed by atoms with E-state index in [4.69, 9.17) is 4.74 Å². The summed E-state index contributed by atoms with van der Waals surface area (Å²) >= 11 is 0. The number of hydrogen-bond acceptors (Lipinski definition) is 6. The van der Waals surface area contributed by atoms with Gasteiger partial charge in [0.15, 0.2) is 0 Å². The zero-order valence-corrected chi connectivity index (χ0v) is 14.9. The predicted molar refractivity (Wildman–Crippen MR) is 99.1 cm³/mol. The Bertz CT molecular complexity index is 854. The molecule has 0 saturated carbocycles. The third kappa shape index (κ3) is 6.87. The molecule has 2 aromatic carbocycles. The zero-order chi connectivity index (χ0) is 20.4. The van der Waals surface area contributed by atoms with Crippen LogP contribution in [0.5, 0.6) is 0 Å². The second-order valence-corrected chi connectivity index (χ2v) is 5.76. The second kappa shape index (κ2) is 10.4. The molecule has 0 bridgehead atoms. The SMILES string of the molecule is O=C(CNC(=O)Cc1ccccc1)NCC(=O)OCc1ccccc1[N+](=O)[O-]. The molecule has 0 fully saturated rings. The first-order chi connectivity index (χ1) is 13.5. The van der Waals surface area contributed by atoms with Gasteiger partial charge in [-0.1, -0.05) is 42.5 Å². The Hall–Kier alpha value is -3.75. The summed E-state index contributed by atoms with van der Waals surface area (Å²) in [4.78, 5) is 45.5. The summed E-state index contributed by atoms with van der Waals surface area (Å²) in [6, 6.07) is 14.9. The molecule has 0 unspecified atom stereocenters. The van der Waals surface area contributed by atoms with Gasteiger partial charge >= 0.3 is 5.97 Å². The van der Waals surface area contributed by atoms with Gasteiger partial charge in [0.2, 0.25) is 11.8 Å². The maximum Gasteiger partial charge on any atom is 0.325 e. The van der Waals surface area contributed by atoms with Crippen LogP contribution in [0.25, 0.3) is 0 Å². The Kier molecular flexibility index (Phi) is 7.64. The first kappa shape index (κ1) is 20.6. The third-order valence-corrected chi connectivity index (χ3v) is 3.66. The number of benzene rings is 2. The number of carbonyl (C=O) groups is 3. The average molecular weight is 385 g/mol. The number of nitrogens with one attached hydrogen (secondary N) is 2. The Morgan fingerprint density at radius 3 is 2.25 bits per heavy atom. The molecule has 2 amide bonds. The van der Waals surface area contributed by atoms with Gasteiger partial charge in [-0.05, 0) is 11.6 Å². The summed E-state index contributed by atoms with van der Waals surface area (Å²) in [6.07, 6.45) is 0.145. The van der Waals surface area contributed by atoms with E-state index >= 15 is 0 Å². The van der Waals surface area contributed by atoms with E-state index in [-0.39, 0.29) is 36.7 Å². The van der Waals surface area contributed by atoms with Crippen LogP contribution in [0.4, 0.5) is 5.69 Å². The van der Waals surface area contributed by atoms with Gasteiger partial charge in [-0.15, -0.1) is 0 Å². The lowest BCUT2D eigenvalue weighted by Gasteiger charge is -2.08. The number of nitrogens with zero attached hydrogens (tertiary/aromatic N) is 1. The van der Waals surface area contributed by atoms with Crippen LogP contribution in [-0.4, -0.2) is 35.8 Å². The topological polar surface area (TPSA) is 128 Å². The van der Waals surface area contributed by atoms with Crippen molar-refractivity contribution in [3.63, 3.8) is 0 Å². The van der Waals surface area contributed by atoms with Crippen LogP contribution in [0.3, 0.4) is 0 Å². The van der Waals surface area contributed by atoms with Crippen LogP contribution in [0.1, 0.15) is 11.1 Å². The van der Waals surface area contributed by atoms with E-state index in [1.807, 2.05) is 18.2 Å². The summed E-state index contributed by atoms with van der Waals surface area (Å²) in [7, 11) is 0. The van der Waals surface area contributed by atoms with Crippen molar-refractivity contribution >= 4 is 23.5 Å². The van der Waals surface area contributed by atoms with Gasteiger partial charge in [-0.2, -0.15) is 0 Å². The third-order valence-electron chi connectivity index (χ3n) is 3.66. The molecule has 0 atom stereocenters. The summed E-state index contributed by atoms with van der Waals surface area (Å²) in [5.41, 5.74) is 0.916. The van der Waals surface area contributed by atoms with Crippen LogP contribution >= 0.6 is 0 Å². The lowest BCUT2D eigenvalue weighted by Crippen LogP contribution is -2.39. The molecule has 0 saturated heterocycles. The Labute approximate surface area is 160 Å². The highest BCUT2D eigenvalue weighted by Crippen LogP contribution is 2.18. The van der Waals surface area contributed by atoms with Crippen molar-refractivity contribution in [2.75, 3.05) is 13.1 Å². The van der Waals surface area contributed by atoms with E-state index in [1.54, 1.807) is 18.2 Å². The molecular formula is C19H19N3O6. The lowest BCUT2D eigenvalue weighted by molar-refractivity contribution is -0.385. The number of ether oxygens (including phenoxy) is 1. The predicted octanol–water partition coefficient (Wildman–Crippen LogP) is 1.11. The molecule has 0 spiro atoms. The molecule has 0 radical (unpaired) electrons. The number of nitro benzene ring substituents is 1. The average Bonchev–Trinajstić information content (AvgIpc) is 2.70. The summed E-state index contributed by atoms with van der Waals surface area (Å²) < 4.78 is 4.93. The van der Waals surface area contributed by atoms with E-state index in [0.29, 0.717) is 0 Å². The largest absolute Gasteiger partial charge is 0.459 e. The molecule has 28 heavy (non-hydrogen) atoms. The second-order valence-electron chi connectivity index (χ2n) is 5.76. The maximum absolute atomic E-state index is 11.8. The van der Waals surface area contributed by atoms with Crippen molar-refractivity contribution in [3.8, 4) is 0 Å². The normalized spacial score (nSPS) is 10.0. The van der Waals surface area contributed by atoms with Gasteiger partial charge < -0.3 is 15.4 Å². The van der Waals surface area contributed by atoms with Gasteiger partial charge in [-0.25, -0.2) is 0 Å². The van der Waals surface area contributed by atoms with Crippen LogP contribution in [-0.2, 0) is 32.1 Å². The number of amides is 2. The van der Waals surface area contributed by atoms with Crippen molar-refractivity contribution in [2.45, 2.75) is 13.0 Å². The minimum atomic E-state index is -0.748. The van der Waals surface area contributed by atoms with Crippen LogP contribution in [0, 0.1) is 10.1 Å². The fourth-order valence-electron chi connectivity index (χ4n) is 2.28. The van der Waals surface area contributed by atoms with Crippen molar-refractivity contribution < 1.29 is 24.0 Å². The molecule has 2 N–H and O–H groups in total. The van der Waals surface area contributed by atoms with Gasteiger partial charge in [-0.3, -0.25) is 24.5 Å². The molecule has 2 rings (SSSR count). The number of rotatable bonds is 9. The summed E-state index contributed by atoms with van der Waals surface area (Å²) in [6.45, 7) is -0.962. The zero-order valence-electron chi connectivity index (χ0n) is 14.9. The molecule has 146 valence electrons. The van der Waals surface area contributed by atoms with E-state index in [0.717, 1.165) is 5.56 Å². The monoisotopic (exact) mass is 385 g/mol. The van der Waals surface area contributed by atoms with Crippen molar-refractivity contribution in [3.05, 3.63) is 75.8 Å². The highest BCUT2D eigenvalue weighted by atomic mass is 16.6. The van der Waals surface area contributed by atoms with E-state index in [1.165, 1.54) is 18.2 Å². The quantitative estimate of drug-likeness (QED) is 0.378. The van der Waals surface area contributed by atoms with Crippen molar-refractivity contribution in [2.24, 2.45) is 0 Å². The lowest BCUT2D eigenvalue weighted by atomic mass is 10.1. The number of hydrogen-bond donors (Lipinski definition) is 2. The van der Waals surface area contributed by atoms with Gasteiger partial charge in [0.25, 0.3) is 5.69 Å². The first-order valence-electron chi connectivity index (χ1n) is 8.41. The number of carbonyl (C=O) groups excluding carboxylic acids is 3. The molecule has 0 aliphatic carbocycles. The number of esters is 1. The molecule has 9 nitrogen and oxygen atoms in total. The van der Waals surface area contributed by atoms with Crippen molar-refractivity contribution in [1.29, 1.82) is 0 Å². The highest BCUT2D eigenvalue weighted by molar-refractivity contribution is 5.87. The molecule has 0 aliphatic rings. The van der Waals surface area contributed by atoms with Crippen LogP contribution < -0.4 is 10.6 Å². The summed E-state index contributed by atoms with van der Waals surface area (Å²) in [5, 5.41) is 15.7. The smallest absolute Gasteiger partial charge is 0.325 e. The molecule has 0 aliphatic heterocycles.